The zero-order valence-corrected chi connectivity index (χ0v) is 21.5. The van der Waals surface area contributed by atoms with Crippen LogP contribution in [0, 0.1) is 5.92 Å². The second-order valence-corrected chi connectivity index (χ2v) is 11.2. The van der Waals surface area contributed by atoms with E-state index in [0.29, 0.717) is 29.5 Å². The number of sulfonamides is 1. The zero-order chi connectivity index (χ0) is 25.2. The highest BCUT2D eigenvalue weighted by molar-refractivity contribution is 7.92. The number of nitrogens with zero attached hydrogens (tertiary/aromatic N) is 3. The molecular formula is C27H33N3O4S. The molecule has 7 nitrogen and oxygen atoms in total. The minimum Gasteiger partial charge on any atom is -0.495 e. The van der Waals surface area contributed by atoms with Gasteiger partial charge in [-0.25, -0.2) is 8.42 Å². The van der Waals surface area contributed by atoms with Crippen molar-refractivity contribution in [3.63, 3.8) is 0 Å². The molecule has 1 aliphatic rings. The maximum atomic E-state index is 13.6. The van der Waals surface area contributed by atoms with E-state index >= 15 is 0 Å². The van der Waals surface area contributed by atoms with E-state index < -0.39 is 10.0 Å². The Hall–Kier alpha value is -3.26. The van der Waals surface area contributed by atoms with Crippen LogP contribution < -0.4 is 9.04 Å². The van der Waals surface area contributed by atoms with Crippen LogP contribution in [0.15, 0.2) is 71.8 Å². The van der Waals surface area contributed by atoms with Crippen molar-refractivity contribution in [1.29, 1.82) is 0 Å². The zero-order valence-electron chi connectivity index (χ0n) is 20.7. The molecule has 0 N–H and O–H groups in total. The van der Waals surface area contributed by atoms with Gasteiger partial charge in [-0.1, -0.05) is 19.1 Å². The standard InChI is InChI=1S/C27H33N3O4S/c1-20-11-16-24(23-9-7-18-28(23)2)30(19-17-20)27(31)21-12-14-22(15-13-21)35(32,33)29(3)25-8-5-6-10-26(25)34-4/h5-10,12-15,18,20,24H,11,16-17,19H2,1-4H3/t20-,24-/m1/s1. The lowest BCUT2D eigenvalue weighted by Gasteiger charge is -2.31. The van der Waals surface area contributed by atoms with E-state index in [4.69, 9.17) is 4.74 Å². The van der Waals surface area contributed by atoms with E-state index in [1.165, 1.54) is 30.6 Å². The molecule has 35 heavy (non-hydrogen) atoms. The van der Waals surface area contributed by atoms with Crippen LogP contribution in [0.25, 0.3) is 0 Å². The fourth-order valence-corrected chi connectivity index (χ4v) is 5.95. The van der Waals surface area contributed by atoms with E-state index in [2.05, 4.69) is 17.6 Å². The normalized spacial score (nSPS) is 18.7. The topological polar surface area (TPSA) is 71.8 Å². The molecule has 4 rings (SSSR count). The van der Waals surface area contributed by atoms with Gasteiger partial charge in [-0.3, -0.25) is 9.10 Å². The number of para-hydroxylation sites is 2. The highest BCUT2D eigenvalue weighted by Crippen LogP contribution is 2.34. The average molecular weight is 496 g/mol. The lowest BCUT2D eigenvalue weighted by Crippen LogP contribution is -2.35. The number of rotatable bonds is 6. The van der Waals surface area contributed by atoms with Gasteiger partial charge >= 0.3 is 0 Å². The molecule has 1 aliphatic heterocycles. The largest absolute Gasteiger partial charge is 0.495 e. The van der Waals surface area contributed by atoms with Crippen molar-refractivity contribution in [2.24, 2.45) is 13.0 Å². The summed E-state index contributed by atoms with van der Waals surface area (Å²) in [6.45, 7) is 2.90. The Labute approximate surface area is 208 Å². The van der Waals surface area contributed by atoms with Crippen LogP contribution in [-0.2, 0) is 17.1 Å². The summed E-state index contributed by atoms with van der Waals surface area (Å²) >= 11 is 0. The van der Waals surface area contributed by atoms with Crippen LogP contribution in [0.3, 0.4) is 0 Å². The molecule has 1 aromatic heterocycles. The highest BCUT2D eigenvalue weighted by Gasteiger charge is 2.31. The van der Waals surface area contributed by atoms with E-state index in [1.807, 2.05) is 24.2 Å². The molecule has 0 radical (unpaired) electrons. The predicted octanol–water partition coefficient (Wildman–Crippen LogP) is 4.86. The minimum atomic E-state index is -3.83. The molecule has 0 unspecified atom stereocenters. The summed E-state index contributed by atoms with van der Waals surface area (Å²) in [5, 5.41) is 0. The molecular weight excluding hydrogens is 462 g/mol. The molecule has 3 aromatic rings. The summed E-state index contributed by atoms with van der Waals surface area (Å²) in [4.78, 5) is 15.7. The summed E-state index contributed by atoms with van der Waals surface area (Å²) < 4.78 is 35.2. The molecule has 2 heterocycles. The number of amides is 1. The molecule has 2 atom stereocenters. The number of ether oxygens (including phenoxy) is 1. The molecule has 0 spiro atoms. The molecule has 2 aromatic carbocycles. The Morgan fingerprint density at radius 2 is 1.71 bits per heavy atom. The number of aryl methyl sites for hydroxylation is 1. The van der Waals surface area contributed by atoms with Crippen molar-refractivity contribution in [2.45, 2.75) is 37.1 Å². The maximum Gasteiger partial charge on any atom is 0.264 e. The average Bonchev–Trinajstić information content (AvgIpc) is 3.20. The smallest absolute Gasteiger partial charge is 0.264 e. The second kappa shape index (κ2) is 10.2. The summed E-state index contributed by atoms with van der Waals surface area (Å²) in [5.74, 6) is 0.938. The summed E-state index contributed by atoms with van der Waals surface area (Å²) in [7, 11) is 1.17. The Kier molecular flexibility index (Phi) is 7.21. The molecule has 0 bridgehead atoms. The third-order valence-corrected chi connectivity index (χ3v) is 8.73. The van der Waals surface area contributed by atoms with Crippen molar-refractivity contribution in [1.82, 2.24) is 9.47 Å². The van der Waals surface area contributed by atoms with Crippen LogP contribution in [0.4, 0.5) is 5.69 Å². The number of carbonyl (C=O) groups excluding carboxylic acids is 1. The SMILES string of the molecule is COc1ccccc1N(C)S(=O)(=O)c1ccc(C(=O)N2CC[C@H](C)CC[C@@H]2c2cccn2C)cc1. The monoisotopic (exact) mass is 495 g/mol. The van der Waals surface area contributed by atoms with E-state index in [0.717, 1.165) is 25.0 Å². The fraction of sp³-hybridized carbons (Fsp3) is 0.370. The first-order valence-corrected chi connectivity index (χ1v) is 13.3. The van der Waals surface area contributed by atoms with Crippen molar-refractivity contribution >= 4 is 21.6 Å². The molecule has 8 heteroatoms. The number of benzene rings is 2. The van der Waals surface area contributed by atoms with Gasteiger partial charge in [0.1, 0.15) is 5.75 Å². The molecule has 186 valence electrons. The lowest BCUT2D eigenvalue weighted by molar-refractivity contribution is 0.0673. The van der Waals surface area contributed by atoms with Crippen LogP contribution in [0.2, 0.25) is 0 Å². The second-order valence-electron chi connectivity index (χ2n) is 9.20. The number of aromatic nitrogens is 1. The van der Waals surface area contributed by atoms with Gasteiger partial charge in [-0.05, 0) is 73.7 Å². The van der Waals surface area contributed by atoms with Crippen molar-refractivity contribution in [3.8, 4) is 5.75 Å². The predicted molar refractivity (Wildman–Crippen MR) is 137 cm³/mol. The minimum absolute atomic E-state index is 0.00691. The Morgan fingerprint density at radius 1 is 1.00 bits per heavy atom. The quantitative estimate of drug-likeness (QED) is 0.490. The lowest BCUT2D eigenvalue weighted by atomic mass is 10.00. The number of hydrogen-bond donors (Lipinski definition) is 0. The van der Waals surface area contributed by atoms with Crippen molar-refractivity contribution in [2.75, 3.05) is 25.0 Å². The number of likely N-dealkylation sites (tertiary alicyclic amines) is 1. The van der Waals surface area contributed by atoms with Gasteiger partial charge in [0.2, 0.25) is 0 Å². The Bertz CT molecular complexity index is 1280. The maximum absolute atomic E-state index is 13.6. The van der Waals surface area contributed by atoms with Gasteiger partial charge in [-0.2, -0.15) is 0 Å². The van der Waals surface area contributed by atoms with E-state index in [9.17, 15) is 13.2 Å². The van der Waals surface area contributed by atoms with Gasteiger partial charge < -0.3 is 14.2 Å². The van der Waals surface area contributed by atoms with Crippen LogP contribution in [0.1, 0.15) is 48.3 Å². The molecule has 0 aliphatic carbocycles. The van der Waals surface area contributed by atoms with Gasteiger partial charge in [0.25, 0.3) is 15.9 Å². The third-order valence-electron chi connectivity index (χ3n) is 6.94. The van der Waals surface area contributed by atoms with Crippen LogP contribution in [0.5, 0.6) is 5.75 Å². The number of hydrogen-bond acceptors (Lipinski definition) is 4. The van der Waals surface area contributed by atoms with Gasteiger partial charge in [0.15, 0.2) is 0 Å². The third kappa shape index (κ3) is 4.93. The molecule has 1 saturated heterocycles. The Morgan fingerprint density at radius 3 is 2.37 bits per heavy atom. The fourth-order valence-electron chi connectivity index (χ4n) is 4.74. The van der Waals surface area contributed by atoms with E-state index in [-0.39, 0.29) is 16.8 Å². The molecule has 0 saturated carbocycles. The summed E-state index contributed by atoms with van der Waals surface area (Å²) in [5.41, 5.74) is 2.04. The first-order chi connectivity index (χ1) is 16.7. The number of carbonyl (C=O) groups is 1. The molecule has 1 amide bonds. The van der Waals surface area contributed by atoms with Gasteiger partial charge in [0, 0.05) is 38.1 Å². The van der Waals surface area contributed by atoms with Gasteiger partial charge in [0.05, 0.1) is 23.7 Å². The number of anilines is 1. The van der Waals surface area contributed by atoms with Crippen LogP contribution in [-0.4, -0.2) is 44.5 Å². The van der Waals surface area contributed by atoms with E-state index in [1.54, 1.807) is 36.4 Å². The summed E-state index contributed by atoms with van der Waals surface area (Å²) in [6, 6.07) is 17.3. The first kappa shape index (κ1) is 24.9. The van der Waals surface area contributed by atoms with Gasteiger partial charge in [-0.15, -0.1) is 0 Å². The number of methoxy groups -OCH3 is 1. The van der Waals surface area contributed by atoms with Crippen molar-refractivity contribution in [3.05, 3.63) is 78.1 Å². The highest BCUT2D eigenvalue weighted by atomic mass is 32.2. The first-order valence-electron chi connectivity index (χ1n) is 11.9. The van der Waals surface area contributed by atoms with Crippen LogP contribution >= 0.6 is 0 Å². The Balaban J connectivity index is 1.61. The molecule has 1 fully saturated rings. The summed E-state index contributed by atoms with van der Waals surface area (Å²) in [6.07, 6.45) is 4.92. The van der Waals surface area contributed by atoms with Crippen molar-refractivity contribution < 1.29 is 17.9 Å².